The van der Waals surface area contributed by atoms with Crippen LogP contribution < -0.4 is 0 Å². The summed E-state index contributed by atoms with van der Waals surface area (Å²) in [7, 11) is 0. The van der Waals surface area contributed by atoms with Crippen molar-refractivity contribution in [2.75, 3.05) is 6.54 Å². The van der Waals surface area contributed by atoms with Crippen LogP contribution in [0.2, 0.25) is 0 Å². The molecule has 2 rings (SSSR count). The maximum atomic E-state index is 12.2. The minimum absolute atomic E-state index is 0.000281. The fourth-order valence-corrected chi connectivity index (χ4v) is 2.16. The fourth-order valence-electron chi connectivity index (χ4n) is 2.16. The lowest BCUT2D eigenvalue weighted by atomic mass is 10.0. The number of carbonyl (C=O) groups excluding carboxylic acids is 2. The van der Waals surface area contributed by atoms with Gasteiger partial charge in [-0.05, 0) is 18.9 Å². The third kappa shape index (κ3) is 3.06. The van der Waals surface area contributed by atoms with Gasteiger partial charge in [-0.1, -0.05) is 36.4 Å². The van der Waals surface area contributed by atoms with Crippen LogP contribution >= 0.6 is 0 Å². The van der Waals surface area contributed by atoms with Crippen molar-refractivity contribution in [3.05, 3.63) is 47.5 Å². The second-order valence-electron chi connectivity index (χ2n) is 4.61. The van der Waals surface area contributed by atoms with E-state index in [1.807, 2.05) is 41.3 Å². The molecular formula is C15H17NO2. The Morgan fingerprint density at radius 2 is 2.00 bits per heavy atom. The van der Waals surface area contributed by atoms with Gasteiger partial charge in [0.25, 0.3) is 0 Å². The Balaban J connectivity index is 2.05. The summed E-state index contributed by atoms with van der Waals surface area (Å²) in [6, 6.07) is 9.92. The summed E-state index contributed by atoms with van der Waals surface area (Å²) in [5, 5.41) is 0. The van der Waals surface area contributed by atoms with Gasteiger partial charge >= 0.3 is 0 Å². The van der Waals surface area contributed by atoms with Crippen LogP contribution in [0.25, 0.3) is 0 Å². The van der Waals surface area contributed by atoms with Gasteiger partial charge in [-0.3, -0.25) is 9.59 Å². The smallest absolute Gasteiger partial charge is 0.250 e. The SMILES string of the molecule is CC(=O)CC1=CCCN(Cc2ccccc2)C1=O. The van der Waals surface area contributed by atoms with E-state index in [1.54, 1.807) is 0 Å². The second-order valence-corrected chi connectivity index (χ2v) is 4.61. The van der Waals surface area contributed by atoms with Crippen molar-refractivity contribution < 1.29 is 9.59 Å². The van der Waals surface area contributed by atoms with E-state index in [0.717, 1.165) is 18.5 Å². The van der Waals surface area contributed by atoms with Gasteiger partial charge in [0.05, 0.1) is 0 Å². The van der Waals surface area contributed by atoms with Gasteiger partial charge in [-0.25, -0.2) is 0 Å². The lowest BCUT2D eigenvalue weighted by Crippen LogP contribution is -2.35. The van der Waals surface area contributed by atoms with E-state index in [4.69, 9.17) is 0 Å². The standard InChI is InChI=1S/C15H17NO2/c1-12(17)10-14-8-5-9-16(15(14)18)11-13-6-3-2-4-7-13/h2-4,6-8H,5,9-11H2,1H3. The van der Waals surface area contributed by atoms with E-state index < -0.39 is 0 Å². The first kappa shape index (κ1) is 12.6. The number of ketones is 1. The molecule has 0 bridgehead atoms. The molecule has 1 aliphatic rings. The average Bonchev–Trinajstić information content (AvgIpc) is 2.35. The number of rotatable bonds is 4. The van der Waals surface area contributed by atoms with Crippen molar-refractivity contribution in [3.63, 3.8) is 0 Å². The predicted molar refractivity (Wildman–Crippen MR) is 69.9 cm³/mol. The Morgan fingerprint density at radius 1 is 1.28 bits per heavy atom. The number of benzene rings is 1. The number of Topliss-reactive ketones (excluding diaryl/α,β-unsaturated/α-hetero) is 1. The van der Waals surface area contributed by atoms with Crippen molar-refractivity contribution in [2.24, 2.45) is 0 Å². The molecule has 1 aliphatic heterocycles. The van der Waals surface area contributed by atoms with Crippen LogP contribution in [0.1, 0.15) is 25.3 Å². The largest absolute Gasteiger partial charge is 0.334 e. The third-order valence-electron chi connectivity index (χ3n) is 3.01. The summed E-state index contributed by atoms with van der Waals surface area (Å²) in [6.45, 7) is 2.87. The number of hydrogen-bond donors (Lipinski definition) is 0. The Labute approximate surface area is 107 Å². The van der Waals surface area contributed by atoms with Crippen LogP contribution in [0.5, 0.6) is 0 Å². The molecule has 0 spiro atoms. The molecule has 0 aromatic heterocycles. The van der Waals surface area contributed by atoms with Crippen LogP contribution in [0.15, 0.2) is 42.0 Å². The maximum Gasteiger partial charge on any atom is 0.250 e. The third-order valence-corrected chi connectivity index (χ3v) is 3.01. The molecule has 0 N–H and O–H groups in total. The average molecular weight is 243 g/mol. The van der Waals surface area contributed by atoms with Gasteiger partial charge in [0.2, 0.25) is 5.91 Å². The van der Waals surface area contributed by atoms with Gasteiger partial charge in [0, 0.05) is 25.1 Å². The topological polar surface area (TPSA) is 37.4 Å². The molecule has 0 atom stereocenters. The summed E-state index contributed by atoms with van der Waals surface area (Å²) in [5.41, 5.74) is 1.76. The highest BCUT2D eigenvalue weighted by atomic mass is 16.2. The van der Waals surface area contributed by atoms with Gasteiger partial charge in [-0.2, -0.15) is 0 Å². The molecule has 0 unspecified atom stereocenters. The number of amides is 1. The molecule has 0 radical (unpaired) electrons. The first-order chi connectivity index (χ1) is 8.66. The number of hydrogen-bond acceptors (Lipinski definition) is 2. The van der Waals surface area contributed by atoms with E-state index in [0.29, 0.717) is 12.1 Å². The molecule has 1 aromatic rings. The molecule has 94 valence electrons. The van der Waals surface area contributed by atoms with E-state index in [2.05, 4.69) is 0 Å². The summed E-state index contributed by atoms with van der Waals surface area (Å²) < 4.78 is 0. The van der Waals surface area contributed by atoms with Crippen molar-refractivity contribution in [1.82, 2.24) is 4.90 Å². The molecule has 3 heteroatoms. The maximum absolute atomic E-state index is 12.2. The van der Waals surface area contributed by atoms with E-state index >= 15 is 0 Å². The second kappa shape index (κ2) is 5.63. The van der Waals surface area contributed by atoms with Crippen LogP contribution in [0.3, 0.4) is 0 Å². The molecule has 0 aliphatic carbocycles. The number of carbonyl (C=O) groups is 2. The lowest BCUT2D eigenvalue weighted by Gasteiger charge is -2.27. The first-order valence-electron chi connectivity index (χ1n) is 6.18. The monoisotopic (exact) mass is 243 g/mol. The molecule has 0 fully saturated rings. The highest BCUT2D eigenvalue weighted by Crippen LogP contribution is 2.17. The molecule has 3 nitrogen and oxygen atoms in total. The van der Waals surface area contributed by atoms with Crippen molar-refractivity contribution in [3.8, 4) is 0 Å². The lowest BCUT2D eigenvalue weighted by molar-refractivity contribution is -0.129. The molecule has 1 amide bonds. The zero-order valence-corrected chi connectivity index (χ0v) is 10.6. The molecule has 1 heterocycles. The van der Waals surface area contributed by atoms with Crippen LogP contribution in [0.4, 0.5) is 0 Å². The van der Waals surface area contributed by atoms with Gasteiger partial charge in [-0.15, -0.1) is 0 Å². The van der Waals surface area contributed by atoms with Gasteiger partial charge in [0.1, 0.15) is 5.78 Å². The molecule has 1 aromatic carbocycles. The first-order valence-corrected chi connectivity index (χ1v) is 6.18. The van der Waals surface area contributed by atoms with Crippen LogP contribution in [0, 0.1) is 0 Å². The molecular weight excluding hydrogens is 226 g/mol. The van der Waals surface area contributed by atoms with Crippen molar-refractivity contribution in [1.29, 1.82) is 0 Å². The van der Waals surface area contributed by atoms with Gasteiger partial charge in [0.15, 0.2) is 0 Å². The van der Waals surface area contributed by atoms with Crippen molar-refractivity contribution in [2.45, 2.75) is 26.3 Å². The normalized spacial score (nSPS) is 15.5. The summed E-state index contributed by atoms with van der Waals surface area (Å²) in [6.07, 6.45) is 2.98. The van der Waals surface area contributed by atoms with Crippen LogP contribution in [-0.4, -0.2) is 23.1 Å². The molecule has 0 saturated carbocycles. The van der Waals surface area contributed by atoms with Crippen molar-refractivity contribution >= 4 is 11.7 Å². The summed E-state index contributed by atoms with van der Waals surface area (Å²) in [5.74, 6) is 0.0384. The zero-order valence-electron chi connectivity index (χ0n) is 10.6. The van der Waals surface area contributed by atoms with E-state index in [-0.39, 0.29) is 18.1 Å². The summed E-state index contributed by atoms with van der Waals surface area (Å²) >= 11 is 0. The fraction of sp³-hybridized carbons (Fsp3) is 0.333. The minimum atomic E-state index is 0.000281. The number of nitrogens with zero attached hydrogens (tertiary/aromatic N) is 1. The van der Waals surface area contributed by atoms with E-state index in [1.165, 1.54) is 6.92 Å². The summed E-state index contributed by atoms with van der Waals surface area (Å²) in [4.78, 5) is 25.1. The zero-order chi connectivity index (χ0) is 13.0. The predicted octanol–water partition coefficient (Wildman–Crippen LogP) is 2.32. The van der Waals surface area contributed by atoms with Gasteiger partial charge < -0.3 is 4.90 Å². The minimum Gasteiger partial charge on any atom is -0.334 e. The Morgan fingerprint density at radius 3 is 2.67 bits per heavy atom. The molecule has 0 saturated heterocycles. The molecule has 18 heavy (non-hydrogen) atoms. The Bertz CT molecular complexity index is 477. The quantitative estimate of drug-likeness (QED) is 0.814. The van der Waals surface area contributed by atoms with E-state index in [9.17, 15) is 9.59 Å². The Kier molecular flexibility index (Phi) is 3.92. The highest BCUT2D eigenvalue weighted by molar-refractivity contribution is 5.99. The Hall–Kier alpha value is -1.90. The van der Waals surface area contributed by atoms with Crippen LogP contribution in [-0.2, 0) is 16.1 Å². The highest BCUT2D eigenvalue weighted by Gasteiger charge is 2.22.